The fraction of sp³-hybridized carbons (Fsp3) is 0.889. The van der Waals surface area contributed by atoms with Gasteiger partial charge in [0.15, 0.2) is 0 Å². The van der Waals surface area contributed by atoms with Crippen molar-refractivity contribution in [2.75, 3.05) is 18.1 Å². The van der Waals surface area contributed by atoms with Crippen LogP contribution in [0.4, 0.5) is 8.78 Å². The molecule has 1 saturated heterocycles. The van der Waals surface area contributed by atoms with Crippen LogP contribution >= 0.6 is 22.6 Å². The van der Waals surface area contributed by atoms with Crippen LogP contribution in [0.5, 0.6) is 0 Å². The Bertz CT molecular complexity index is 250. The van der Waals surface area contributed by atoms with E-state index in [1.807, 2.05) is 0 Å². The topological polar surface area (TPSA) is 38.3 Å². The van der Waals surface area contributed by atoms with Crippen molar-refractivity contribution in [3.63, 3.8) is 0 Å². The van der Waals surface area contributed by atoms with E-state index in [1.165, 1.54) is 7.11 Å². The highest BCUT2D eigenvalue weighted by atomic mass is 127. The van der Waals surface area contributed by atoms with Gasteiger partial charge in [0, 0.05) is 6.42 Å². The first-order valence-electron chi connectivity index (χ1n) is 4.73. The molecule has 0 radical (unpaired) electrons. The molecule has 0 aromatic heterocycles. The molecule has 1 aliphatic rings. The normalized spacial score (nSPS) is 29.1. The average Bonchev–Trinajstić information content (AvgIpc) is 2.51. The fourth-order valence-corrected chi connectivity index (χ4v) is 2.23. The van der Waals surface area contributed by atoms with Crippen molar-refractivity contribution in [2.24, 2.45) is 0 Å². The number of ether oxygens (including phenoxy) is 1. The van der Waals surface area contributed by atoms with E-state index in [0.717, 1.165) is 10.8 Å². The van der Waals surface area contributed by atoms with E-state index in [0.29, 0.717) is 6.42 Å². The quantitative estimate of drug-likeness (QED) is 0.484. The van der Waals surface area contributed by atoms with Crippen LogP contribution in [0.25, 0.3) is 0 Å². The van der Waals surface area contributed by atoms with Crippen LogP contribution in [0.1, 0.15) is 19.3 Å². The Morgan fingerprint density at radius 1 is 1.60 bits per heavy atom. The summed E-state index contributed by atoms with van der Waals surface area (Å²) in [6.45, 7) is -0.441. The van der Waals surface area contributed by atoms with E-state index in [2.05, 4.69) is 32.6 Å². The second kappa shape index (κ2) is 4.90. The van der Waals surface area contributed by atoms with Gasteiger partial charge >= 0.3 is 5.97 Å². The Hall–Kier alpha value is 0.0200. The third-order valence-electron chi connectivity index (χ3n) is 2.56. The lowest BCUT2D eigenvalue weighted by atomic mass is 9.91. The second-order valence-electron chi connectivity index (χ2n) is 3.75. The highest BCUT2D eigenvalue weighted by Crippen LogP contribution is 2.36. The van der Waals surface area contributed by atoms with Gasteiger partial charge in [0.2, 0.25) is 0 Å². The minimum Gasteiger partial charge on any atom is -0.468 e. The van der Waals surface area contributed by atoms with Crippen molar-refractivity contribution in [1.29, 1.82) is 0 Å². The molecule has 6 heteroatoms. The van der Waals surface area contributed by atoms with Gasteiger partial charge in [-0.3, -0.25) is 10.1 Å². The fourth-order valence-electron chi connectivity index (χ4n) is 1.85. The Labute approximate surface area is 101 Å². The van der Waals surface area contributed by atoms with Gasteiger partial charge in [0.25, 0.3) is 5.92 Å². The first-order chi connectivity index (χ1) is 6.96. The lowest BCUT2D eigenvalue weighted by Crippen LogP contribution is -2.48. The van der Waals surface area contributed by atoms with Gasteiger partial charge in [-0.2, -0.15) is 0 Å². The molecule has 1 aliphatic heterocycles. The van der Waals surface area contributed by atoms with Gasteiger partial charge in [-0.15, -0.1) is 0 Å². The summed E-state index contributed by atoms with van der Waals surface area (Å²) in [6, 6.07) is 0. The van der Waals surface area contributed by atoms with E-state index in [4.69, 9.17) is 0 Å². The molecule has 0 spiro atoms. The Morgan fingerprint density at radius 2 is 2.27 bits per heavy atom. The molecule has 1 atom stereocenters. The van der Waals surface area contributed by atoms with Gasteiger partial charge < -0.3 is 4.74 Å². The summed E-state index contributed by atoms with van der Waals surface area (Å²) in [5.41, 5.74) is -1.18. The standard InChI is InChI=1S/C9H14F2INO2/c1-15-7(14)8(3-2-4-12)5-9(10,11)6-13-8/h13H,2-6H2,1H3. The number of nitrogens with one attached hydrogen (secondary N) is 1. The number of methoxy groups -OCH3 is 1. The average molecular weight is 333 g/mol. The summed E-state index contributed by atoms with van der Waals surface area (Å²) in [7, 11) is 1.23. The molecule has 88 valence electrons. The van der Waals surface area contributed by atoms with Crippen molar-refractivity contribution < 1.29 is 18.3 Å². The maximum Gasteiger partial charge on any atom is 0.326 e. The molecule has 0 bridgehead atoms. The van der Waals surface area contributed by atoms with E-state index < -0.39 is 30.4 Å². The molecule has 0 amide bonds. The molecule has 1 unspecified atom stereocenters. The summed E-state index contributed by atoms with van der Waals surface area (Å²) in [5.74, 6) is -3.39. The van der Waals surface area contributed by atoms with Crippen LogP contribution in [0.2, 0.25) is 0 Å². The van der Waals surface area contributed by atoms with Gasteiger partial charge in [-0.1, -0.05) is 22.6 Å². The largest absolute Gasteiger partial charge is 0.468 e. The highest BCUT2D eigenvalue weighted by Gasteiger charge is 2.53. The first-order valence-corrected chi connectivity index (χ1v) is 6.26. The molecule has 1 heterocycles. The lowest BCUT2D eigenvalue weighted by molar-refractivity contribution is -0.149. The molecule has 1 fully saturated rings. The van der Waals surface area contributed by atoms with Crippen LogP contribution < -0.4 is 5.32 Å². The first kappa shape index (κ1) is 13.1. The Kier molecular flexibility index (Phi) is 4.28. The zero-order chi connectivity index (χ0) is 11.5. The molecular formula is C9H14F2INO2. The maximum atomic E-state index is 13.1. The molecular weight excluding hydrogens is 319 g/mol. The molecule has 0 aromatic rings. The second-order valence-corrected chi connectivity index (χ2v) is 4.83. The molecule has 15 heavy (non-hydrogen) atoms. The number of hydrogen-bond donors (Lipinski definition) is 1. The zero-order valence-electron chi connectivity index (χ0n) is 8.49. The minimum absolute atomic E-state index is 0.401. The molecule has 1 N–H and O–H groups in total. The maximum absolute atomic E-state index is 13.1. The third kappa shape index (κ3) is 2.99. The van der Waals surface area contributed by atoms with Crippen molar-refractivity contribution in [1.82, 2.24) is 5.32 Å². The third-order valence-corrected chi connectivity index (χ3v) is 3.32. The highest BCUT2D eigenvalue weighted by molar-refractivity contribution is 14.1. The predicted octanol–water partition coefficient (Wildman–Crippen LogP) is 1.74. The molecule has 0 aliphatic carbocycles. The minimum atomic E-state index is -2.81. The van der Waals surface area contributed by atoms with E-state index >= 15 is 0 Å². The number of carbonyl (C=O) groups is 1. The molecule has 0 aromatic carbocycles. The van der Waals surface area contributed by atoms with E-state index in [-0.39, 0.29) is 0 Å². The summed E-state index contributed by atoms with van der Waals surface area (Å²) in [6.07, 6.45) is 0.667. The number of rotatable bonds is 4. The Morgan fingerprint density at radius 3 is 2.67 bits per heavy atom. The van der Waals surface area contributed by atoms with Crippen LogP contribution in [0.15, 0.2) is 0 Å². The van der Waals surface area contributed by atoms with Crippen molar-refractivity contribution in [3.05, 3.63) is 0 Å². The zero-order valence-corrected chi connectivity index (χ0v) is 10.6. The van der Waals surface area contributed by atoms with Gasteiger partial charge in [-0.05, 0) is 17.3 Å². The number of alkyl halides is 3. The summed E-state index contributed by atoms with van der Waals surface area (Å²) < 4.78 is 31.6. The monoisotopic (exact) mass is 333 g/mol. The SMILES string of the molecule is COC(=O)C1(CCCI)CC(F)(F)CN1. The molecule has 3 nitrogen and oxygen atoms in total. The van der Waals surface area contributed by atoms with Crippen LogP contribution in [-0.2, 0) is 9.53 Å². The molecule has 1 rings (SSSR count). The number of carbonyl (C=O) groups excluding carboxylic acids is 1. The number of halogens is 3. The summed E-state index contributed by atoms with van der Waals surface area (Å²) in [5, 5.41) is 2.62. The number of esters is 1. The van der Waals surface area contributed by atoms with Crippen LogP contribution in [0, 0.1) is 0 Å². The van der Waals surface area contributed by atoms with Gasteiger partial charge in [0.05, 0.1) is 13.7 Å². The smallest absolute Gasteiger partial charge is 0.326 e. The predicted molar refractivity (Wildman–Crippen MR) is 60.4 cm³/mol. The Balaban J connectivity index is 2.75. The summed E-state index contributed by atoms with van der Waals surface area (Å²) in [4.78, 5) is 11.5. The van der Waals surface area contributed by atoms with Crippen molar-refractivity contribution >= 4 is 28.6 Å². The van der Waals surface area contributed by atoms with Crippen LogP contribution in [0.3, 0.4) is 0 Å². The van der Waals surface area contributed by atoms with Gasteiger partial charge in [-0.25, -0.2) is 8.78 Å². The number of hydrogen-bond acceptors (Lipinski definition) is 3. The van der Waals surface area contributed by atoms with Crippen LogP contribution in [-0.4, -0.2) is 35.5 Å². The summed E-state index contributed by atoms with van der Waals surface area (Å²) >= 11 is 2.16. The van der Waals surface area contributed by atoms with E-state index in [1.54, 1.807) is 0 Å². The lowest BCUT2D eigenvalue weighted by Gasteiger charge is -2.25. The van der Waals surface area contributed by atoms with Gasteiger partial charge in [0.1, 0.15) is 5.54 Å². The molecule has 0 saturated carbocycles. The van der Waals surface area contributed by atoms with Crippen molar-refractivity contribution in [2.45, 2.75) is 30.7 Å². The van der Waals surface area contributed by atoms with E-state index in [9.17, 15) is 13.6 Å². The van der Waals surface area contributed by atoms with Crippen molar-refractivity contribution in [3.8, 4) is 0 Å².